The van der Waals surface area contributed by atoms with Crippen LogP contribution in [0.1, 0.15) is 41.4 Å². The summed E-state index contributed by atoms with van der Waals surface area (Å²) in [5, 5.41) is -1.50. The summed E-state index contributed by atoms with van der Waals surface area (Å²) in [5.41, 5.74) is -0.565. The molecule has 0 spiro atoms. The molecule has 0 atom stereocenters. The minimum absolute atomic E-state index is 0.100. The molecule has 3 aromatic rings. The van der Waals surface area contributed by atoms with Crippen molar-refractivity contribution in [3.8, 4) is 0 Å². The first-order valence-corrected chi connectivity index (χ1v) is 12.5. The van der Waals surface area contributed by atoms with Crippen molar-refractivity contribution >= 4 is 128 Å². The molecule has 3 aromatic carbocycles. The highest BCUT2D eigenvalue weighted by atomic mass is 35.5. The van der Waals surface area contributed by atoms with Gasteiger partial charge in [0, 0.05) is 0 Å². The Bertz CT molecular complexity index is 1390. The van der Waals surface area contributed by atoms with E-state index in [2.05, 4.69) is 0 Å². The number of anilines is 2. The molecule has 2 aliphatic rings. The Morgan fingerprint density at radius 2 is 0.556 bits per heavy atom. The number of hydrogen-bond acceptors (Lipinski definition) is 4. The van der Waals surface area contributed by atoms with Crippen molar-refractivity contribution in [2.75, 3.05) is 9.80 Å². The first-order chi connectivity index (χ1) is 16.9. The fourth-order valence-electron chi connectivity index (χ4n) is 3.92. The minimum atomic E-state index is -0.781. The van der Waals surface area contributed by atoms with Gasteiger partial charge in [0.05, 0.1) is 73.8 Å². The van der Waals surface area contributed by atoms with E-state index in [1.54, 1.807) is 0 Å². The molecule has 0 fully saturated rings. The summed E-state index contributed by atoms with van der Waals surface area (Å²) in [6.07, 6.45) is 0. The number of halogens is 8. The number of fused-ring (bicyclic) bond motifs is 2. The van der Waals surface area contributed by atoms with E-state index in [9.17, 15) is 19.2 Å². The molecule has 36 heavy (non-hydrogen) atoms. The number of nitrogens with zero attached hydrogens (tertiary/aromatic N) is 2. The summed E-state index contributed by atoms with van der Waals surface area (Å²) in [6, 6.07) is 5.37. The smallest absolute Gasteiger partial charge is 0.267 e. The first-order valence-electron chi connectivity index (χ1n) is 9.49. The van der Waals surface area contributed by atoms with E-state index in [1.807, 2.05) is 0 Å². The molecule has 2 aliphatic heterocycles. The van der Waals surface area contributed by atoms with Crippen molar-refractivity contribution < 1.29 is 19.2 Å². The minimum Gasteiger partial charge on any atom is -0.268 e. The maximum atomic E-state index is 13.1. The van der Waals surface area contributed by atoms with Gasteiger partial charge in [-0.2, -0.15) is 0 Å². The Labute approximate surface area is 242 Å². The van der Waals surface area contributed by atoms with E-state index >= 15 is 0 Å². The van der Waals surface area contributed by atoms with Crippen molar-refractivity contribution in [3.63, 3.8) is 0 Å². The second-order valence-corrected chi connectivity index (χ2v) is 10.4. The maximum absolute atomic E-state index is 13.1. The fourth-order valence-corrected chi connectivity index (χ4v) is 5.95. The zero-order valence-corrected chi connectivity index (χ0v) is 22.9. The van der Waals surface area contributed by atoms with Crippen molar-refractivity contribution in [1.82, 2.24) is 0 Å². The number of carbonyl (C=O) groups is 4. The highest BCUT2D eigenvalue weighted by Crippen LogP contribution is 2.47. The van der Waals surface area contributed by atoms with Crippen molar-refractivity contribution in [1.29, 1.82) is 0 Å². The number of amides is 4. The quantitative estimate of drug-likeness (QED) is 0.159. The third kappa shape index (κ3) is 3.40. The van der Waals surface area contributed by atoms with E-state index in [1.165, 1.54) is 24.3 Å². The van der Waals surface area contributed by atoms with Crippen molar-refractivity contribution in [3.05, 3.63) is 86.7 Å². The maximum Gasteiger partial charge on any atom is 0.267 e. The molecule has 0 N–H and O–H groups in total. The summed E-state index contributed by atoms with van der Waals surface area (Å²) < 4.78 is 0. The van der Waals surface area contributed by atoms with E-state index in [0.29, 0.717) is 0 Å². The van der Waals surface area contributed by atoms with E-state index in [0.717, 1.165) is 9.80 Å². The molecule has 4 amide bonds. The molecule has 5 rings (SSSR count). The second kappa shape index (κ2) is 8.93. The third-order valence-electron chi connectivity index (χ3n) is 5.57. The van der Waals surface area contributed by atoms with Crippen LogP contribution in [0.3, 0.4) is 0 Å². The van der Waals surface area contributed by atoms with Crippen LogP contribution in [0.25, 0.3) is 0 Å². The van der Waals surface area contributed by atoms with Gasteiger partial charge in [0.25, 0.3) is 23.6 Å². The van der Waals surface area contributed by atoms with Crippen LogP contribution in [-0.2, 0) is 0 Å². The third-order valence-corrected chi connectivity index (χ3v) is 9.17. The Balaban J connectivity index is 1.54. The van der Waals surface area contributed by atoms with Crippen LogP contribution in [0.5, 0.6) is 0 Å². The van der Waals surface area contributed by atoms with Gasteiger partial charge in [-0.3, -0.25) is 19.2 Å². The lowest BCUT2D eigenvalue weighted by molar-refractivity contribution is 0.0909. The highest BCUT2D eigenvalue weighted by Gasteiger charge is 2.44. The zero-order valence-electron chi connectivity index (χ0n) is 16.9. The predicted octanol–water partition coefficient (Wildman–Crippen LogP) is 8.51. The summed E-state index contributed by atoms with van der Waals surface area (Å²) in [6.45, 7) is 0. The lowest BCUT2D eigenvalue weighted by atomic mass is 10.1. The Morgan fingerprint density at radius 1 is 0.361 bits per heavy atom. The molecule has 0 aromatic heterocycles. The largest absolute Gasteiger partial charge is 0.268 e. The Kier molecular flexibility index (Phi) is 6.42. The molecule has 182 valence electrons. The lowest BCUT2D eigenvalue weighted by Gasteiger charge is -2.17. The molecule has 0 aliphatic carbocycles. The van der Waals surface area contributed by atoms with Crippen LogP contribution in [0, 0.1) is 0 Å². The van der Waals surface area contributed by atoms with Gasteiger partial charge >= 0.3 is 0 Å². The molecule has 0 radical (unpaired) electrons. The van der Waals surface area contributed by atoms with E-state index in [4.69, 9.17) is 92.8 Å². The molecule has 14 heteroatoms. The van der Waals surface area contributed by atoms with Gasteiger partial charge in [0.1, 0.15) is 0 Å². The average molecular weight is 644 g/mol. The van der Waals surface area contributed by atoms with Gasteiger partial charge in [-0.25, -0.2) is 9.80 Å². The number of benzene rings is 3. The van der Waals surface area contributed by atoms with Crippen molar-refractivity contribution in [2.24, 2.45) is 0 Å². The molecular formula is C22H4Cl8N2O4. The topological polar surface area (TPSA) is 74.8 Å². The van der Waals surface area contributed by atoms with Gasteiger partial charge in [-0.1, -0.05) is 92.8 Å². The predicted molar refractivity (Wildman–Crippen MR) is 142 cm³/mol. The van der Waals surface area contributed by atoms with Crippen LogP contribution >= 0.6 is 92.8 Å². The SMILES string of the molecule is O=C1c2c(Cl)c(Cl)c(Cl)c(Cl)c2C(=O)N1c1ccc(N2C(=O)c3c(Cl)c(Cl)c(Cl)c(Cl)c3C2=O)cc1. The van der Waals surface area contributed by atoms with Gasteiger partial charge in [-0.15, -0.1) is 0 Å². The molecular weight excluding hydrogens is 640 g/mol. The van der Waals surface area contributed by atoms with Crippen LogP contribution in [0.2, 0.25) is 40.2 Å². The normalized spacial score (nSPS) is 14.8. The molecule has 0 bridgehead atoms. The Morgan fingerprint density at radius 3 is 0.750 bits per heavy atom. The Hall–Kier alpha value is -1.74. The summed E-state index contributed by atoms with van der Waals surface area (Å²) in [4.78, 5) is 53.9. The first kappa shape index (κ1) is 25.9. The van der Waals surface area contributed by atoms with E-state index in [-0.39, 0.29) is 73.8 Å². The van der Waals surface area contributed by atoms with Crippen LogP contribution in [0.4, 0.5) is 11.4 Å². The van der Waals surface area contributed by atoms with Crippen LogP contribution in [-0.4, -0.2) is 23.6 Å². The van der Waals surface area contributed by atoms with Crippen LogP contribution < -0.4 is 9.80 Å². The molecule has 0 unspecified atom stereocenters. The fraction of sp³-hybridized carbons (Fsp3) is 0. The summed E-state index contributed by atoms with van der Waals surface area (Å²) in [5.74, 6) is -3.12. The molecule has 2 heterocycles. The van der Waals surface area contributed by atoms with Crippen LogP contribution in [0.15, 0.2) is 24.3 Å². The van der Waals surface area contributed by atoms with Gasteiger partial charge in [0.2, 0.25) is 0 Å². The molecule has 0 saturated heterocycles. The molecule has 6 nitrogen and oxygen atoms in total. The van der Waals surface area contributed by atoms with Gasteiger partial charge < -0.3 is 0 Å². The number of imide groups is 2. The summed E-state index contributed by atoms with van der Waals surface area (Å²) in [7, 11) is 0. The number of rotatable bonds is 2. The average Bonchev–Trinajstić information content (AvgIpc) is 3.27. The zero-order chi connectivity index (χ0) is 26.4. The van der Waals surface area contributed by atoms with Crippen molar-refractivity contribution in [2.45, 2.75) is 0 Å². The monoisotopic (exact) mass is 640 g/mol. The lowest BCUT2D eigenvalue weighted by Crippen LogP contribution is -2.31. The summed E-state index contributed by atoms with van der Waals surface area (Å²) >= 11 is 48.8. The van der Waals surface area contributed by atoms with E-state index < -0.39 is 23.6 Å². The second-order valence-electron chi connectivity index (χ2n) is 7.42. The highest BCUT2D eigenvalue weighted by molar-refractivity contribution is 6.57. The number of carbonyl (C=O) groups excluding carboxylic acids is 4. The molecule has 0 saturated carbocycles. The number of hydrogen-bond donors (Lipinski definition) is 0. The van der Waals surface area contributed by atoms with Gasteiger partial charge in [-0.05, 0) is 24.3 Å². The standard InChI is InChI=1S/C22H4Cl8N2O4/c23-11-7-8(12(24)16(28)15(11)27)20(34)31(19(7)33)5-1-2-6(4-3-5)32-21(35)9-10(22(32)36)14(26)18(30)17(29)13(9)25/h1-4H. The van der Waals surface area contributed by atoms with Gasteiger partial charge in [0.15, 0.2) is 0 Å².